The number of carbonyl (C=O) groups excluding carboxylic acids is 1. The minimum Gasteiger partial charge on any atom is -0.352 e. The van der Waals surface area contributed by atoms with Crippen LogP contribution in [-0.4, -0.2) is 27.7 Å². The van der Waals surface area contributed by atoms with Crippen LogP contribution < -0.4 is 5.32 Å². The topological polar surface area (TPSA) is 70.0 Å². The standard InChI is InChI=1S/C10H16N2O2S/c1-10(2,7-11)9(13)12-8-3-5-15(14)6-4-8/h8H,3-6H2,1-2H3,(H,12,13). The van der Waals surface area contributed by atoms with Crippen molar-refractivity contribution in [2.45, 2.75) is 32.7 Å². The first-order valence-electron chi connectivity index (χ1n) is 5.03. The highest BCUT2D eigenvalue weighted by Crippen LogP contribution is 2.16. The van der Waals surface area contributed by atoms with E-state index in [0.717, 1.165) is 12.8 Å². The van der Waals surface area contributed by atoms with Crippen molar-refractivity contribution in [2.24, 2.45) is 5.41 Å². The van der Waals surface area contributed by atoms with Crippen LogP contribution in [-0.2, 0) is 15.6 Å². The Bertz CT molecular complexity index is 310. The minimum absolute atomic E-state index is 0.0859. The number of nitrogens with zero attached hydrogens (tertiary/aromatic N) is 1. The van der Waals surface area contributed by atoms with E-state index in [2.05, 4.69) is 5.32 Å². The van der Waals surface area contributed by atoms with E-state index >= 15 is 0 Å². The molecule has 0 saturated carbocycles. The van der Waals surface area contributed by atoms with E-state index in [-0.39, 0.29) is 11.9 Å². The molecule has 0 aromatic carbocycles. The smallest absolute Gasteiger partial charge is 0.240 e. The van der Waals surface area contributed by atoms with Gasteiger partial charge in [0.15, 0.2) is 0 Å². The molecule has 1 aliphatic heterocycles. The third-order valence-electron chi connectivity index (χ3n) is 2.57. The molecule has 1 N–H and O–H groups in total. The zero-order valence-electron chi connectivity index (χ0n) is 9.08. The van der Waals surface area contributed by atoms with E-state index in [1.165, 1.54) is 0 Å². The largest absolute Gasteiger partial charge is 0.352 e. The Hall–Kier alpha value is -0.890. The Labute approximate surface area is 92.5 Å². The Kier molecular flexibility index (Phi) is 3.86. The lowest BCUT2D eigenvalue weighted by molar-refractivity contribution is -0.127. The lowest BCUT2D eigenvalue weighted by Gasteiger charge is -2.25. The molecule has 1 fully saturated rings. The maximum absolute atomic E-state index is 11.6. The van der Waals surface area contributed by atoms with E-state index in [0.29, 0.717) is 11.5 Å². The number of hydrogen-bond donors (Lipinski definition) is 1. The fourth-order valence-electron chi connectivity index (χ4n) is 1.35. The molecule has 4 nitrogen and oxygen atoms in total. The average Bonchev–Trinajstić information content (AvgIpc) is 2.21. The highest BCUT2D eigenvalue weighted by Gasteiger charge is 2.30. The number of amides is 1. The van der Waals surface area contributed by atoms with Crippen LogP contribution in [0.15, 0.2) is 0 Å². The van der Waals surface area contributed by atoms with Crippen molar-refractivity contribution in [1.29, 1.82) is 5.26 Å². The van der Waals surface area contributed by atoms with Gasteiger partial charge in [-0.1, -0.05) is 0 Å². The molecule has 15 heavy (non-hydrogen) atoms. The predicted molar refractivity (Wildman–Crippen MR) is 58.4 cm³/mol. The maximum Gasteiger partial charge on any atom is 0.240 e. The van der Waals surface area contributed by atoms with Gasteiger partial charge in [0.1, 0.15) is 5.41 Å². The summed E-state index contributed by atoms with van der Waals surface area (Å²) in [6, 6.07) is 2.05. The number of hydrogen-bond acceptors (Lipinski definition) is 3. The summed E-state index contributed by atoms with van der Waals surface area (Å²) in [4.78, 5) is 11.6. The third kappa shape index (κ3) is 3.31. The minimum atomic E-state index is -0.976. The van der Waals surface area contributed by atoms with Crippen molar-refractivity contribution in [3.05, 3.63) is 0 Å². The van der Waals surface area contributed by atoms with E-state index in [1.807, 2.05) is 6.07 Å². The Morgan fingerprint density at radius 2 is 2.00 bits per heavy atom. The summed E-state index contributed by atoms with van der Waals surface area (Å²) in [5, 5.41) is 11.6. The molecule has 84 valence electrons. The highest BCUT2D eigenvalue weighted by atomic mass is 32.2. The van der Waals surface area contributed by atoms with Gasteiger partial charge in [0.05, 0.1) is 6.07 Å². The van der Waals surface area contributed by atoms with Crippen LogP contribution >= 0.6 is 0 Å². The van der Waals surface area contributed by atoms with Gasteiger partial charge in [-0.15, -0.1) is 0 Å². The molecule has 1 amide bonds. The zero-order valence-corrected chi connectivity index (χ0v) is 9.89. The van der Waals surface area contributed by atoms with Gasteiger partial charge >= 0.3 is 0 Å². The summed E-state index contributed by atoms with van der Waals surface area (Å²) >= 11 is 0. The quantitative estimate of drug-likeness (QED) is 0.751. The first-order valence-corrected chi connectivity index (χ1v) is 6.51. The van der Waals surface area contributed by atoms with Crippen molar-refractivity contribution in [1.82, 2.24) is 5.32 Å². The second-order valence-electron chi connectivity index (χ2n) is 4.33. The second kappa shape index (κ2) is 4.75. The maximum atomic E-state index is 11.6. The van der Waals surface area contributed by atoms with Gasteiger partial charge in [0, 0.05) is 28.3 Å². The van der Waals surface area contributed by atoms with E-state index in [1.54, 1.807) is 13.8 Å². The number of nitrogens with one attached hydrogen (secondary N) is 1. The number of rotatable bonds is 2. The summed E-state index contributed by atoms with van der Waals surface area (Å²) < 4.78 is 11.1. The average molecular weight is 228 g/mol. The molecule has 1 saturated heterocycles. The van der Waals surface area contributed by atoms with Gasteiger partial charge in [0.2, 0.25) is 5.91 Å². The van der Waals surface area contributed by atoms with Crippen LogP contribution in [0.3, 0.4) is 0 Å². The van der Waals surface area contributed by atoms with Crippen LogP contribution in [0.1, 0.15) is 26.7 Å². The molecular formula is C10H16N2O2S. The van der Waals surface area contributed by atoms with Gasteiger partial charge in [-0.2, -0.15) is 5.26 Å². The molecule has 0 aromatic heterocycles. The molecular weight excluding hydrogens is 212 g/mol. The molecule has 1 heterocycles. The molecule has 0 radical (unpaired) electrons. The van der Waals surface area contributed by atoms with Crippen molar-refractivity contribution in [3.63, 3.8) is 0 Å². The monoisotopic (exact) mass is 228 g/mol. The molecule has 0 spiro atoms. The summed E-state index contributed by atoms with van der Waals surface area (Å²) in [5.41, 5.74) is -0.976. The molecule has 5 heteroatoms. The molecule has 0 aromatic rings. The first-order chi connectivity index (χ1) is 6.95. The number of nitriles is 1. The molecule has 0 aliphatic carbocycles. The summed E-state index contributed by atoms with van der Waals surface area (Å²) in [6.07, 6.45) is 1.50. The van der Waals surface area contributed by atoms with Gasteiger partial charge < -0.3 is 5.32 Å². The van der Waals surface area contributed by atoms with E-state index in [4.69, 9.17) is 5.26 Å². The van der Waals surface area contributed by atoms with Crippen molar-refractivity contribution >= 4 is 16.7 Å². The van der Waals surface area contributed by atoms with Crippen molar-refractivity contribution in [2.75, 3.05) is 11.5 Å². The summed E-state index contributed by atoms with van der Waals surface area (Å²) in [5.74, 6) is 1.07. The lowest BCUT2D eigenvalue weighted by Crippen LogP contribution is -2.45. The molecule has 1 aliphatic rings. The molecule has 0 atom stereocenters. The fraction of sp³-hybridized carbons (Fsp3) is 0.800. The van der Waals surface area contributed by atoms with Crippen LogP contribution in [0.25, 0.3) is 0 Å². The van der Waals surface area contributed by atoms with E-state index < -0.39 is 16.2 Å². The summed E-state index contributed by atoms with van der Waals surface area (Å²) in [7, 11) is -0.715. The van der Waals surface area contributed by atoms with Crippen LogP contribution in [0, 0.1) is 16.7 Å². The number of carbonyl (C=O) groups is 1. The second-order valence-corrected chi connectivity index (χ2v) is 6.03. The Morgan fingerprint density at radius 3 is 2.47 bits per heavy atom. The SMILES string of the molecule is CC(C)(C#N)C(=O)NC1CCS(=O)CC1. The highest BCUT2D eigenvalue weighted by molar-refractivity contribution is 7.85. The molecule has 0 unspecified atom stereocenters. The van der Waals surface area contributed by atoms with Crippen molar-refractivity contribution in [3.8, 4) is 6.07 Å². The third-order valence-corrected chi connectivity index (χ3v) is 3.95. The first kappa shape index (κ1) is 12.2. The van der Waals surface area contributed by atoms with Gasteiger partial charge in [-0.3, -0.25) is 9.00 Å². The van der Waals surface area contributed by atoms with Gasteiger partial charge in [-0.05, 0) is 26.7 Å². The van der Waals surface area contributed by atoms with Crippen molar-refractivity contribution < 1.29 is 9.00 Å². The van der Waals surface area contributed by atoms with Crippen LogP contribution in [0.4, 0.5) is 0 Å². The summed E-state index contributed by atoms with van der Waals surface area (Å²) in [6.45, 7) is 3.20. The van der Waals surface area contributed by atoms with Gasteiger partial charge in [0.25, 0.3) is 0 Å². The zero-order chi connectivity index (χ0) is 11.5. The van der Waals surface area contributed by atoms with E-state index in [9.17, 15) is 9.00 Å². The Morgan fingerprint density at radius 1 is 1.47 bits per heavy atom. The van der Waals surface area contributed by atoms with Gasteiger partial charge in [-0.25, -0.2) is 0 Å². The molecule has 1 rings (SSSR count). The predicted octanol–water partition coefficient (Wildman–Crippen LogP) is 0.563. The Balaban J connectivity index is 2.46. The molecule has 0 bridgehead atoms. The van der Waals surface area contributed by atoms with Crippen LogP contribution in [0.5, 0.6) is 0 Å². The fourth-order valence-corrected chi connectivity index (χ4v) is 2.65. The normalized spacial score (nSPS) is 26.7. The lowest BCUT2D eigenvalue weighted by atomic mass is 9.94. The van der Waals surface area contributed by atoms with Crippen LogP contribution in [0.2, 0.25) is 0 Å².